The van der Waals surface area contributed by atoms with Crippen LogP contribution in [0.2, 0.25) is 0 Å². The third-order valence-corrected chi connectivity index (χ3v) is 0.799. The maximum absolute atomic E-state index is 10.3. The SMILES string of the molecule is CNC(=O)OC1=CC1. The molecule has 1 rings (SSSR count). The van der Waals surface area contributed by atoms with Gasteiger partial charge in [0.25, 0.3) is 0 Å². The van der Waals surface area contributed by atoms with Crippen LogP contribution in [0, 0.1) is 0 Å². The molecule has 0 fully saturated rings. The maximum Gasteiger partial charge on any atom is 0.412 e. The molecule has 0 aromatic rings. The lowest BCUT2D eigenvalue weighted by atomic mass is 10.8. The van der Waals surface area contributed by atoms with Gasteiger partial charge in [0.1, 0.15) is 5.76 Å². The van der Waals surface area contributed by atoms with Gasteiger partial charge in [0, 0.05) is 13.5 Å². The van der Waals surface area contributed by atoms with Crippen molar-refractivity contribution in [2.24, 2.45) is 0 Å². The second-order valence-corrected chi connectivity index (χ2v) is 1.51. The third kappa shape index (κ3) is 1.26. The van der Waals surface area contributed by atoms with Gasteiger partial charge in [-0.15, -0.1) is 0 Å². The first kappa shape index (κ1) is 5.15. The van der Waals surface area contributed by atoms with Crippen LogP contribution in [0.5, 0.6) is 0 Å². The predicted molar refractivity (Wildman–Crippen MR) is 28.2 cm³/mol. The van der Waals surface area contributed by atoms with E-state index in [9.17, 15) is 4.79 Å². The maximum atomic E-state index is 10.3. The molecule has 0 saturated carbocycles. The summed E-state index contributed by atoms with van der Waals surface area (Å²) in [6, 6.07) is 0. The molecule has 1 aliphatic carbocycles. The highest BCUT2D eigenvalue weighted by Crippen LogP contribution is 2.18. The van der Waals surface area contributed by atoms with Gasteiger partial charge in [-0.3, -0.25) is 0 Å². The summed E-state index contributed by atoms with van der Waals surface area (Å²) in [6.07, 6.45) is 2.29. The number of carbonyl (C=O) groups excluding carboxylic acids is 1. The van der Waals surface area contributed by atoms with Gasteiger partial charge in [-0.05, 0) is 6.08 Å². The first-order valence-electron chi connectivity index (χ1n) is 2.41. The molecule has 0 aromatic carbocycles. The highest BCUT2D eigenvalue weighted by atomic mass is 16.6. The Bertz CT molecular complexity index is 139. The Kier molecular flexibility index (Phi) is 1.20. The molecule has 8 heavy (non-hydrogen) atoms. The minimum absolute atomic E-state index is 0.381. The van der Waals surface area contributed by atoms with E-state index in [2.05, 4.69) is 10.1 Å². The summed E-state index contributed by atoms with van der Waals surface area (Å²) in [6.45, 7) is 0. The van der Waals surface area contributed by atoms with E-state index in [1.807, 2.05) is 6.08 Å². The zero-order valence-corrected chi connectivity index (χ0v) is 4.60. The fourth-order valence-corrected chi connectivity index (χ4v) is 0.295. The summed E-state index contributed by atoms with van der Waals surface area (Å²) in [5, 5.41) is 2.33. The van der Waals surface area contributed by atoms with Crippen LogP contribution in [0.3, 0.4) is 0 Å². The van der Waals surface area contributed by atoms with Crippen LogP contribution in [0.1, 0.15) is 6.42 Å². The summed E-state index contributed by atoms with van der Waals surface area (Å²) in [5.74, 6) is 0.768. The van der Waals surface area contributed by atoms with Gasteiger partial charge in [-0.25, -0.2) is 4.79 Å². The van der Waals surface area contributed by atoms with E-state index in [-0.39, 0.29) is 6.09 Å². The fourth-order valence-electron chi connectivity index (χ4n) is 0.295. The van der Waals surface area contributed by atoms with Crippen LogP contribution in [0.25, 0.3) is 0 Å². The van der Waals surface area contributed by atoms with Gasteiger partial charge in [-0.1, -0.05) is 0 Å². The lowest BCUT2D eigenvalue weighted by Crippen LogP contribution is -2.16. The molecular formula is C5H7NO2. The molecule has 0 aliphatic heterocycles. The number of amides is 1. The number of hydrogen-bond donors (Lipinski definition) is 1. The minimum Gasteiger partial charge on any atom is -0.415 e. The van der Waals surface area contributed by atoms with Gasteiger partial charge >= 0.3 is 6.09 Å². The van der Waals surface area contributed by atoms with Gasteiger partial charge in [0.2, 0.25) is 0 Å². The topological polar surface area (TPSA) is 38.3 Å². The highest BCUT2D eigenvalue weighted by Gasteiger charge is 2.11. The predicted octanol–water partition coefficient (Wildman–Crippen LogP) is 0.630. The van der Waals surface area contributed by atoms with Crippen LogP contribution >= 0.6 is 0 Å². The second kappa shape index (κ2) is 1.86. The summed E-state index contributed by atoms with van der Waals surface area (Å²) in [7, 11) is 1.53. The Morgan fingerprint density at radius 1 is 2.00 bits per heavy atom. The van der Waals surface area contributed by atoms with E-state index in [0.29, 0.717) is 0 Å². The van der Waals surface area contributed by atoms with Gasteiger partial charge in [0.15, 0.2) is 0 Å². The molecule has 0 heterocycles. The molecule has 0 aromatic heterocycles. The smallest absolute Gasteiger partial charge is 0.412 e. The quantitative estimate of drug-likeness (QED) is 0.541. The molecule has 44 valence electrons. The third-order valence-electron chi connectivity index (χ3n) is 0.799. The van der Waals surface area contributed by atoms with Crippen LogP contribution in [-0.4, -0.2) is 13.1 Å². The number of nitrogens with one attached hydrogen (secondary N) is 1. The Morgan fingerprint density at radius 3 is 3.00 bits per heavy atom. The Morgan fingerprint density at radius 2 is 2.62 bits per heavy atom. The lowest BCUT2D eigenvalue weighted by molar-refractivity contribution is 0.182. The van der Waals surface area contributed by atoms with Crippen molar-refractivity contribution in [2.45, 2.75) is 6.42 Å². The molecule has 0 bridgehead atoms. The molecule has 0 unspecified atom stereocenters. The van der Waals surface area contributed by atoms with Crippen LogP contribution < -0.4 is 5.32 Å². The summed E-state index contributed by atoms with van der Waals surface area (Å²) < 4.78 is 4.62. The van der Waals surface area contributed by atoms with Gasteiger partial charge in [0.05, 0.1) is 0 Å². The second-order valence-electron chi connectivity index (χ2n) is 1.51. The van der Waals surface area contributed by atoms with E-state index < -0.39 is 0 Å². The average molecular weight is 113 g/mol. The van der Waals surface area contributed by atoms with E-state index in [0.717, 1.165) is 12.2 Å². The number of alkyl carbamates (subject to hydrolysis) is 1. The molecule has 3 nitrogen and oxygen atoms in total. The Balaban J connectivity index is 2.17. The monoisotopic (exact) mass is 113 g/mol. The van der Waals surface area contributed by atoms with Crippen molar-refractivity contribution >= 4 is 6.09 Å². The lowest BCUT2D eigenvalue weighted by Gasteiger charge is -1.94. The van der Waals surface area contributed by atoms with Crippen molar-refractivity contribution < 1.29 is 9.53 Å². The first-order chi connectivity index (χ1) is 3.83. The normalized spacial score (nSPS) is 14.4. The van der Waals surface area contributed by atoms with Crippen LogP contribution in [0.15, 0.2) is 11.8 Å². The molecule has 0 radical (unpaired) electrons. The highest BCUT2D eigenvalue weighted by molar-refractivity contribution is 5.68. The Labute approximate surface area is 47.3 Å². The minimum atomic E-state index is -0.381. The van der Waals surface area contributed by atoms with Crippen molar-refractivity contribution in [3.05, 3.63) is 11.8 Å². The number of ether oxygens (including phenoxy) is 1. The number of allylic oxidation sites excluding steroid dienone is 2. The van der Waals surface area contributed by atoms with Gasteiger partial charge < -0.3 is 10.1 Å². The van der Waals surface area contributed by atoms with E-state index in [1.165, 1.54) is 7.05 Å². The van der Waals surface area contributed by atoms with Crippen molar-refractivity contribution in [1.29, 1.82) is 0 Å². The molecule has 0 spiro atoms. The number of hydrogen-bond acceptors (Lipinski definition) is 2. The van der Waals surface area contributed by atoms with Crippen molar-refractivity contribution in [2.75, 3.05) is 7.05 Å². The molecule has 1 aliphatic rings. The van der Waals surface area contributed by atoms with E-state index in [1.54, 1.807) is 0 Å². The standard InChI is InChI=1S/C5H7NO2/c1-6-5(7)8-4-2-3-4/h2H,3H2,1H3,(H,6,7). The van der Waals surface area contributed by atoms with Crippen LogP contribution in [-0.2, 0) is 4.74 Å². The molecule has 0 saturated heterocycles. The van der Waals surface area contributed by atoms with Crippen LogP contribution in [0.4, 0.5) is 4.79 Å². The zero-order chi connectivity index (χ0) is 5.98. The molecule has 1 amide bonds. The summed E-state index contributed by atoms with van der Waals surface area (Å²) in [5.41, 5.74) is 0. The molecule has 1 N–H and O–H groups in total. The molecule has 0 atom stereocenters. The van der Waals surface area contributed by atoms with E-state index in [4.69, 9.17) is 0 Å². The fraction of sp³-hybridized carbons (Fsp3) is 0.400. The number of rotatable bonds is 1. The Hall–Kier alpha value is -0.990. The largest absolute Gasteiger partial charge is 0.415 e. The molecular weight excluding hydrogens is 106 g/mol. The first-order valence-corrected chi connectivity index (χ1v) is 2.41. The summed E-state index contributed by atoms with van der Waals surface area (Å²) >= 11 is 0. The zero-order valence-electron chi connectivity index (χ0n) is 4.60. The van der Waals surface area contributed by atoms with Crippen molar-refractivity contribution in [1.82, 2.24) is 5.32 Å². The van der Waals surface area contributed by atoms with Crippen molar-refractivity contribution in [3.63, 3.8) is 0 Å². The summed E-state index contributed by atoms with van der Waals surface area (Å²) in [4.78, 5) is 10.3. The van der Waals surface area contributed by atoms with E-state index >= 15 is 0 Å². The van der Waals surface area contributed by atoms with Crippen molar-refractivity contribution in [3.8, 4) is 0 Å². The number of carbonyl (C=O) groups is 1. The van der Waals surface area contributed by atoms with Gasteiger partial charge in [-0.2, -0.15) is 0 Å². The average Bonchev–Trinajstić information content (AvgIpc) is 2.50. The molecule has 3 heteroatoms.